The van der Waals surface area contributed by atoms with Crippen LogP contribution < -0.4 is 9.46 Å². The lowest BCUT2D eigenvalue weighted by Gasteiger charge is -2.08. The summed E-state index contributed by atoms with van der Waals surface area (Å²) in [6, 6.07) is 12.3. The van der Waals surface area contributed by atoms with Gasteiger partial charge in [0.1, 0.15) is 5.75 Å². The number of esters is 1. The molecular weight excluding hydrogens is 358 g/mol. The average molecular weight is 377 g/mol. The molecule has 0 heterocycles. The smallest absolute Gasteiger partial charge is 0.338 e. The van der Waals surface area contributed by atoms with Crippen LogP contribution in [0.1, 0.15) is 27.6 Å². The van der Waals surface area contributed by atoms with E-state index in [1.165, 1.54) is 24.3 Å². The first kappa shape index (κ1) is 19.5. The molecule has 0 fully saturated rings. The van der Waals surface area contributed by atoms with Crippen molar-refractivity contribution in [3.63, 3.8) is 0 Å². The number of carbonyl (C=O) groups is 2. The number of Topliss-reactive ketones (excluding diaryl/α,β-unsaturated/α-hetero) is 1. The molecule has 0 spiro atoms. The maximum absolute atomic E-state index is 12.1. The molecule has 0 aliphatic carbocycles. The summed E-state index contributed by atoms with van der Waals surface area (Å²) in [7, 11) is -3.46. The predicted molar refractivity (Wildman–Crippen MR) is 97.1 cm³/mol. The maximum Gasteiger partial charge on any atom is 0.338 e. The molecule has 0 aliphatic heterocycles. The Labute approximate surface area is 152 Å². The van der Waals surface area contributed by atoms with Gasteiger partial charge in [0.05, 0.1) is 18.4 Å². The molecular formula is C18H19NO6S. The van der Waals surface area contributed by atoms with E-state index >= 15 is 0 Å². The molecule has 138 valence electrons. The zero-order chi connectivity index (χ0) is 19.2. The zero-order valence-corrected chi connectivity index (χ0v) is 15.2. The van der Waals surface area contributed by atoms with Crippen LogP contribution in [0.3, 0.4) is 0 Å². The fraction of sp³-hybridized carbons (Fsp3) is 0.222. The molecule has 0 aliphatic rings. The first-order valence-electron chi connectivity index (χ1n) is 7.79. The third kappa shape index (κ3) is 5.89. The van der Waals surface area contributed by atoms with Gasteiger partial charge in [0.2, 0.25) is 10.0 Å². The van der Waals surface area contributed by atoms with Crippen molar-refractivity contribution in [1.82, 2.24) is 0 Å². The minimum absolute atomic E-state index is 0.137. The number of ether oxygens (including phenoxy) is 2. The topological polar surface area (TPSA) is 98.8 Å². The van der Waals surface area contributed by atoms with Crippen molar-refractivity contribution in [2.75, 3.05) is 24.2 Å². The number of nitrogens with one attached hydrogen (secondary N) is 1. The van der Waals surface area contributed by atoms with Gasteiger partial charge in [-0.25, -0.2) is 13.2 Å². The lowest BCUT2D eigenvalue weighted by atomic mass is 10.1. The van der Waals surface area contributed by atoms with Crippen LogP contribution in [0.2, 0.25) is 0 Å². The standard InChI is InChI=1S/C18H19NO6S/c1-3-24-16-9-7-13(8-10-16)17(20)12-25-18(21)14-5-4-6-15(11-14)19-26(2,22)23/h4-11,19H,3,12H2,1-2H3. The average Bonchev–Trinajstić information content (AvgIpc) is 2.59. The number of sulfonamides is 1. The normalized spacial score (nSPS) is 10.8. The molecule has 8 heteroatoms. The highest BCUT2D eigenvalue weighted by Gasteiger charge is 2.13. The van der Waals surface area contributed by atoms with E-state index in [0.717, 1.165) is 6.26 Å². The van der Waals surface area contributed by atoms with Crippen LogP contribution in [-0.2, 0) is 14.8 Å². The van der Waals surface area contributed by atoms with Gasteiger partial charge in [-0.2, -0.15) is 0 Å². The Balaban J connectivity index is 1.97. The highest BCUT2D eigenvalue weighted by molar-refractivity contribution is 7.92. The molecule has 0 saturated carbocycles. The van der Waals surface area contributed by atoms with Gasteiger partial charge in [-0.1, -0.05) is 6.07 Å². The van der Waals surface area contributed by atoms with E-state index in [9.17, 15) is 18.0 Å². The van der Waals surface area contributed by atoms with E-state index in [-0.39, 0.29) is 17.0 Å². The van der Waals surface area contributed by atoms with Crippen LogP contribution in [-0.4, -0.2) is 39.6 Å². The molecule has 0 bridgehead atoms. The van der Waals surface area contributed by atoms with Gasteiger partial charge >= 0.3 is 5.97 Å². The molecule has 2 aromatic carbocycles. The summed E-state index contributed by atoms with van der Waals surface area (Å²) in [5.41, 5.74) is 0.770. The number of hydrogen-bond donors (Lipinski definition) is 1. The van der Waals surface area contributed by atoms with Gasteiger partial charge in [0.15, 0.2) is 12.4 Å². The van der Waals surface area contributed by atoms with E-state index in [4.69, 9.17) is 9.47 Å². The van der Waals surface area contributed by atoms with E-state index in [1.54, 1.807) is 24.3 Å². The summed E-state index contributed by atoms with van der Waals surface area (Å²) in [5.74, 6) is -0.426. The van der Waals surface area contributed by atoms with Crippen LogP contribution >= 0.6 is 0 Å². The van der Waals surface area contributed by atoms with Crippen LogP contribution in [0, 0.1) is 0 Å². The van der Waals surface area contributed by atoms with Crippen LogP contribution in [0.5, 0.6) is 5.75 Å². The molecule has 0 unspecified atom stereocenters. The number of ketones is 1. The quantitative estimate of drug-likeness (QED) is 0.561. The second-order valence-electron chi connectivity index (χ2n) is 5.41. The monoisotopic (exact) mass is 377 g/mol. The minimum atomic E-state index is -3.46. The third-order valence-electron chi connectivity index (χ3n) is 3.22. The van der Waals surface area contributed by atoms with Crippen molar-refractivity contribution in [2.24, 2.45) is 0 Å². The lowest BCUT2D eigenvalue weighted by Crippen LogP contribution is -2.15. The van der Waals surface area contributed by atoms with E-state index in [2.05, 4.69) is 4.72 Å². The Morgan fingerprint density at radius 1 is 1.04 bits per heavy atom. The second kappa shape index (κ2) is 8.48. The molecule has 0 amide bonds. The number of benzene rings is 2. The number of hydrogen-bond acceptors (Lipinski definition) is 6. The van der Waals surface area contributed by atoms with Crippen molar-refractivity contribution in [1.29, 1.82) is 0 Å². The molecule has 0 atom stereocenters. The number of carbonyl (C=O) groups excluding carboxylic acids is 2. The molecule has 26 heavy (non-hydrogen) atoms. The van der Waals surface area contributed by atoms with Gasteiger partial charge in [-0.05, 0) is 49.4 Å². The summed E-state index contributed by atoms with van der Waals surface area (Å²) in [4.78, 5) is 24.2. The summed E-state index contributed by atoms with van der Waals surface area (Å²) in [5, 5.41) is 0. The zero-order valence-electron chi connectivity index (χ0n) is 14.4. The molecule has 0 aromatic heterocycles. The summed E-state index contributed by atoms with van der Waals surface area (Å²) >= 11 is 0. The maximum atomic E-state index is 12.1. The molecule has 2 rings (SSSR count). The molecule has 0 saturated heterocycles. The van der Waals surface area contributed by atoms with Gasteiger partial charge in [-0.3, -0.25) is 9.52 Å². The Bertz CT molecular complexity index is 890. The van der Waals surface area contributed by atoms with Crippen molar-refractivity contribution in [3.05, 3.63) is 59.7 Å². The number of rotatable bonds is 8. The summed E-state index contributed by atoms with van der Waals surface area (Å²) < 4.78 is 35.1. The molecule has 0 radical (unpaired) electrons. The predicted octanol–water partition coefficient (Wildman–Crippen LogP) is 2.50. The first-order chi connectivity index (χ1) is 12.3. The minimum Gasteiger partial charge on any atom is -0.494 e. The Morgan fingerprint density at radius 2 is 1.73 bits per heavy atom. The molecule has 7 nitrogen and oxygen atoms in total. The SMILES string of the molecule is CCOc1ccc(C(=O)COC(=O)c2cccc(NS(C)(=O)=O)c2)cc1. The fourth-order valence-electron chi connectivity index (χ4n) is 2.13. The third-order valence-corrected chi connectivity index (χ3v) is 3.83. The van der Waals surface area contributed by atoms with Gasteiger partial charge < -0.3 is 9.47 Å². The Morgan fingerprint density at radius 3 is 2.35 bits per heavy atom. The lowest BCUT2D eigenvalue weighted by molar-refractivity contribution is 0.0475. The van der Waals surface area contributed by atoms with Gasteiger partial charge in [0, 0.05) is 11.3 Å². The fourth-order valence-corrected chi connectivity index (χ4v) is 2.68. The largest absolute Gasteiger partial charge is 0.494 e. The van der Waals surface area contributed by atoms with E-state index in [1.807, 2.05) is 6.92 Å². The van der Waals surface area contributed by atoms with E-state index in [0.29, 0.717) is 17.9 Å². The highest BCUT2D eigenvalue weighted by Crippen LogP contribution is 2.15. The Kier molecular flexibility index (Phi) is 6.35. The van der Waals surface area contributed by atoms with Gasteiger partial charge in [0.25, 0.3) is 0 Å². The molecule has 1 N–H and O–H groups in total. The highest BCUT2D eigenvalue weighted by atomic mass is 32.2. The van der Waals surface area contributed by atoms with Crippen LogP contribution in [0.15, 0.2) is 48.5 Å². The van der Waals surface area contributed by atoms with Crippen LogP contribution in [0.4, 0.5) is 5.69 Å². The number of anilines is 1. The van der Waals surface area contributed by atoms with Crippen molar-refractivity contribution in [2.45, 2.75) is 6.92 Å². The van der Waals surface area contributed by atoms with E-state index < -0.39 is 22.6 Å². The summed E-state index contributed by atoms with van der Waals surface area (Å²) in [6.45, 7) is 1.97. The van der Waals surface area contributed by atoms with Crippen molar-refractivity contribution >= 4 is 27.5 Å². The van der Waals surface area contributed by atoms with Crippen molar-refractivity contribution in [3.8, 4) is 5.75 Å². The second-order valence-corrected chi connectivity index (χ2v) is 7.16. The Hall–Kier alpha value is -2.87. The summed E-state index contributed by atoms with van der Waals surface area (Å²) in [6.07, 6.45) is 1.01. The van der Waals surface area contributed by atoms with Gasteiger partial charge in [-0.15, -0.1) is 0 Å². The van der Waals surface area contributed by atoms with Crippen molar-refractivity contribution < 1.29 is 27.5 Å². The molecule has 2 aromatic rings. The van der Waals surface area contributed by atoms with Crippen LogP contribution in [0.25, 0.3) is 0 Å². The first-order valence-corrected chi connectivity index (χ1v) is 9.68.